The Kier molecular flexibility index (Phi) is 6.90. The van der Waals surface area contributed by atoms with Crippen molar-refractivity contribution in [3.05, 3.63) is 77.8 Å². The molecule has 0 unspecified atom stereocenters. The van der Waals surface area contributed by atoms with E-state index in [1.54, 1.807) is 6.08 Å². The van der Waals surface area contributed by atoms with E-state index in [2.05, 4.69) is 22.1 Å². The highest BCUT2D eigenvalue weighted by molar-refractivity contribution is 7.99. The van der Waals surface area contributed by atoms with Crippen molar-refractivity contribution in [3.8, 4) is 11.4 Å². The Balaban J connectivity index is 1.67. The minimum atomic E-state index is -0.173. The average molecular weight is 413 g/mol. The first kappa shape index (κ1) is 20.2. The number of nitrogens with zero attached hydrogens (tertiary/aromatic N) is 3. The molecule has 0 spiro atoms. The molecule has 0 fully saturated rings. The predicted octanol–water partition coefficient (Wildman–Crippen LogP) is 4.75. The second kappa shape index (κ2) is 9.57. The molecule has 0 saturated heterocycles. The van der Waals surface area contributed by atoms with Crippen molar-refractivity contribution in [2.75, 3.05) is 5.75 Å². The van der Waals surface area contributed by atoms with Crippen LogP contribution in [0.1, 0.15) is 18.5 Å². The van der Waals surface area contributed by atoms with Gasteiger partial charge in [-0.05, 0) is 18.6 Å². The fraction of sp³-hybridized carbons (Fsp3) is 0.190. The van der Waals surface area contributed by atoms with Crippen LogP contribution < -0.4 is 5.32 Å². The van der Waals surface area contributed by atoms with Gasteiger partial charge in [-0.25, -0.2) is 0 Å². The van der Waals surface area contributed by atoms with Gasteiger partial charge in [-0.3, -0.25) is 9.36 Å². The monoisotopic (exact) mass is 412 g/mol. The van der Waals surface area contributed by atoms with Crippen molar-refractivity contribution in [1.82, 2.24) is 20.1 Å². The van der Waals surface area contributed by atoms with Crippen molar-refractivity contribution in [1.29, 1.82) is 0 Å². The molecule has 0 saturated carbocycles. The molecule has 0 aliphatic heterocycles. The van der Waals surface area contributed by atoms with Gasteiger partial charge in [-0.1, -0.05) is 78.0 Å². The Labute approximate surface area is 173 Å². The first-order valence-electron chi connectivity index (χ1n) is 8.86. The average Bonchev–Trinajstić information content (AvgIpc) is 3.10. The first-order chi connectivity index (χ1) is 13.6. The maximum Gasteiger partial charge on any atom is 0.230 e. The lowest BCUT2D eigenvalue weighted by atomic mass is 10.1. The van der Waals surface area contributed by atoms with E-state index in [0.717, 1.165) is 17.0 Å². The van der Waals surface area contributed by atoms with Crippen LogP contribution in [0.25, 0.3) is 11.4 Å². The van der Waals surface area contributed by atoms with Gasteiger partial charge < -0.3 is 5.32 Å². The number of halogens is 1. The number of hydrogen-bond donors (Lipinski definition) is 1. The van der Waals surface area contributed by atoms with E-state index in [-0.39, 0.29) is 17.7 Å². The lowest BCUT2D eigenvalue weighted by Crippen LogP contribution is -2.28. The second-order valence-corrected chi connectivity index (χ2v) is 7.52. The standard InChI is InChI=1S/C21H21ClN4OS/c1-3-13-26-20(16-9-5-4-6-10-16)24-25-21(26)28-14-19(27)23-15(2)17-11-7-8-12-18(17)22/h3-12,15H,1,13-14H2,2H3,(H,23,27)/t15-/m1/s1. The number of rotatable bonds is 8. The van der Waals surface area contributed by atoms with Crippen LogP contribution in [-0.4, -0.2) is 26.4 Å². The van der Waals surface area contributed by atoms with Gasteiger partial charge in [0.25, 0.3) is 0 Å². The van der Waals surface area contributed by atoms with Gasteiger partial charge in [0.1, 0.15) is 0 Å². The third kappa shape index (κ3) is 4.82. The van der Waals surface area contributed by atoms with Gasteiger partial charge in [-0.2, -0.15) is 0 Å². The molecule has 1 aromatic heterocycles. The van der Waals surface area contributed by atoms with Crippen LogP contribution in [0.5, 0.6) is 0 Å². The Hall–Kier alpha value is -2.57. The summed E-state index contributed by atoms with van der Waals surface area (Å²) in [7, 11) is 0. The third-order valence-electron chi connectivity index (χ3n) is 4.14. The van der Waals surface area contributed by atoms with Crippen molar-refractivity contribution in [2.45, 2.75) is 24.7 Å². The summed E-state index contributed by atoms with van der Waals surface area (Å²) in [4.78, 5) is 12.4. The number of benzene rings is 2. The predicted molar refractivity (Wildman–Crippen MR) is 114 cm³/mol. The second-order valence-electron chi connectivity index (χ2n) is 6.17. The van der Waals surface area contributed by atoms with E-state index >= 15 is 0 Å². The number of carbonyl (C=O) groups excluding carboxylic acids is 1. The van der Waals surface area contributed by atoms with Gasteiger partial charge in [0.2, 0.25) is 5.91 Å². The minimum absolute atomic E-state index is 0.0909. The molecule has 28 heavy (non-hydrogen) atoms. The van der Waals surface area contributed by atoms with Crippen LogP contribution >= 0.6 is 23.4 Å². The summed E-state index contributed by atoms with van der Waals surface area (Å²) < 4.78 is 1.96. The lowest BCUT2D eigenvalue weighted by molar-refractivity contribution is -0.119. The summed E-state index contributed by atoms with van der Waals surface area (Å²) in [6, 6.07) is 17.2. The molecular weight excluding hydrogens is 392 g/mol. The van der Waals surface area contributed by atoms with Gasteiger partial charge in [0.05, 0.1) is 11.8 Å². The van der Waals surface area contributed by atoms with E-state index < -0.39 is 0 Å². The molecule has 2 aromatic carbocycles. The highest BCUT2D eigenvalue weighted by atomic mass is 35.5. The van der Waals surface area contributed by atoms with Crippen molar-refractivity contribution < 1.29 is 4.79 Å². The maximum absolute atomic E-state index is 12.4. The summed E-state index contributed by atoms with van der Waals surface area (Å²) in [5, 5.41) is 12.9. The fourth-order valence-electron chi connectivity index (χ4n) is 2.81. The molecule has 0 aliphatic carbocycles. The Morgan fingerprint density at radius 2 is 1.93 bits per heavy atom. The van der Waals surface area contributed by atoms with Gasteiger partial charge in [0, 0.05) is 17.1 Å². The molecule has 144 valence electrons. The number of amides is 1. The minimum Gasteiger partial charge on any atom is -0.349 e. The van der Waals surface area contributed by atoms with Crippen molar-refractivity contribution >= 4 is 29.3 Å². The van der Waals surface area contributed by atoms with E-state index in [1.807, 2.05) is 66.1 Å². The van der Waals surface area contributed by atoms with Gasteiger partial charge >= 0.3 is 0 Å². The molecule has 0 aliphatic rings. The zero-order valence-electron chi connectivity index (χ0n) is 15.5. The van der Waals surface area contributed by atoms with Gasteiger partial charge in [0.15, 0.2) is 11.0 Å². The first-order valence-corrected chi connectivity index (χ1v) is 10.2. The van der Waals surface area contributed by atoms with Gasteiger partial charge in [-0.15, -0.1) is 16.8 Å². The maximum atomic E-state index is 12.4. The SMILES string of the molecule is C=CCn1c(SCC(=O)N[C@H](C)c2ccccc2Cl)nnc1-c1ccccc1. The van der Waals surface area contributed by atoms with Crippen LogP contribution in [0.2, 0.25) is 5.02 Å². The molecule has 5 nitrogen and oxygen atoms in total. The van der Waals surface area contributed by atoms with E-state index in [0.29, 0.717) is 16.7 Å². The number of thioether (sulfide) groups is 1. The summed E-state index contributed by atoms with van der Waals surface area (Å²) in [6.45, 7) is 6.29. The number of aromatic nitrogens is 3. The molecule has 3 rings (SSSR count). The van der Waals surface area contributed by atoms with E-state index in [4.69, 9.17) is 11.6 Å². The molecule has 1 heterocycles. The molecule has 3 aromatic rings. The lowest BCUT2D eigenvalue weighted by Gasteiger charge is -2.15. The highest BCUT2D eigenvalue weighted by Gasteiger charge is 2.16. The quantitative estimate of drug-likeness (QED) is 0.428. The largest absolute Gasteiger partial charge is 0.349 e. The molecular formula is C21H21ClN4OS. The highest BCUT2D eigenvalue weighted by Crippen LogP contribution is 2.25. The van der Waals surface area contributed by atoms with E-state index in [1.165, 1.54) is 11.8 Å². The van der Waals surface area contributed by atoms with Crippen LogP contribution in [0.3, 0.4) is 0 Å². The van der Waals surface area contributed by atoms with Crippen molar-refractivity contribution in [2.24, 2.45) is 0 Å². The topological polar surface area (TPSA) is 59.8 Å². The number of carbonyl (C=O) groups is 1. The third-order valence-corrected chi connectivity index (χ3v) is 5.45. The zero-order chi connectivity index (χ0) is 19.9. The molecule has 1 N–H and O–H groups in total. The van der Waals surface area contributed by atoms with Crippen LogP contribution in [-0.2, 0) is 11.3 Å². The summed E-state index contributed by atoms with van der Waals surface area (Å²) in [5.41, 5.74) is 1.86. The van der Waals surface area contributed by atoms with Crippen molar-refractivity contribution in [3.63, 3.8) is 0 Å². The Morgan fingerprint density at radius 3 is 2.64 bits per heavy atom. The van der Waals surface area contributed by atoms with E-state index in [9.17, 15) is 4.79 Å². The number of allylic oxidation sites excluding steroid dienone is 1. The molecule has 1 amide bonds. The van der Waals surface area contributed by atoms with Crippen LogP contribution in [0, 0.1) is 0 Å². The number of hydrogen-bond acceptors (Lipinski definition) is 4. The Bertz CT molecular complexity index is 958. The smallest absolute Gasteiger partial charge is 0.230 e. The molecule has 1 atom stereocenters. The zero-order valence-corrected chi connectivity index (χ0v) is 17.1. The summed E-state index contributed by atoms with van der Waals surface area (Å²) in [5.74, 6) is 0.901. The summed E-state index contributed by atoms with van der Waals surface area (Å²) in [6.07, 6.45) is 1.79. The summed E-state index contributed by atoms with van der Waals surface area (Å²) >= 11 is 7.55. The number of nitrogens with one attached hydrogen (secondary N) is 1. The van der Waals surface area contributed by atoms with Crippen LogP contribution in [0.4, 0.5) is 0 Å². The molecule has 7 heteroatoms. The van der Waals surface area contributed by atoms with Crippen LogP contribution in [0.15, 0.2) is 72.4 Å². The Morgan fingerprint density at radius 1 is 1.21 bits per heavy atom. The fourth-order valence-corrected chi connectivity index (χ4v) is 3.87. The molecule has 0 radical (unpaired) electrons. The normalized spacial score (nSPS) is 11.8. The molecule has 0 bridgehead atoms.